The van der Waals surface area contributed by atoms with E-state index in [2.05, 4.69) is 47.2 Å². The summed E-state index contributed by atoms with van der Waals surface area (Å²) in [5.41, 5.74) is 3.67. The highest BCUT2D eigenvalue weighted by Gasteiger charge is 2.27. The lowest BCUT2D eigenvalue weighted by Crippen LogP contribution is -2.45. The number of rotatable bonds is 5. The van der Waals surface area contributed by atoms with E-state index in [-0.39, 0.29) is 12.1 Å². The predicted octanol–water partition coefficient (Wildman–Crippen LogP) is 2.99. The number of nitrogens with zero attached hydrogens (tertiary/aromatic N) is 2. The van der Waals surface area contributed by atoms with Gasteiger partial charge in [-0.05, 0) is 30.9 Å². The van der Waals surface area contributed by atoms with Gasteiger partial charge in [-0.25, -0.2) is 4.68 Å². The molecule has 1 aliphatic heterocycles. The number of carbonyl (C=O) groups is 1. The molecule has 0 fully saturated rings. The summed E-state index contributed by atoms with van der Waals surface area (Å²) in [6.07, 6.45) is 0.954. The molecule has 1 aliphatic rings. The molecule has 0 saturated carbocycles. The first-order valence-electron chi connectivity index (χ1n) is 8.41. The van der Waals surface area contributed by atoms with E-state index in [1.54, 1.807) is 11.3 Å². The molecule has 1 atom stereocenters. The van der Waals surface area contributed by atoms with Gasteiger partial charge in [0.05, 0.1) is 12.2 Å². The first-order valence-corrected chi connectivity index (χ1v) is 9.29. The normalized spacial score (nSPS) is 16.5. The van der Waals surface area contributed by atoms with Crippen molar-refractivity contribution in [3.63, 3.8) is 0 Å². The average Bonchev–Trinajstić information content (AvgIpc) is 3.28. The highest BCUT2D eigenvalue weighted by Crippen LogP contribution is 2.23. The van der Waals surface area contributed by atoms with Crippen LogP contribution in [-0.2, 0) is 6.42 Å². The van der Waals surface area contributed by atoms with Gasteiger partial charge >= 0.3 is 0 Å². The Morgan fingerprint density at radius 2 is 2.16 bits per heavy atom. The summed E-state index contributed by atoms with van der Waals surface area (Å²) in [7, 11) is 0. The molecule has 5 nitrogen and oxygen atoms in total. The molecule has 0 spiro atoms. The van der Waals surface area contributed by atoms with Crippen LogP contribution in [0.25, 0.3) is 11.3 Å². The van der Waals surface area contributed by atoms with E-state index in [0.29, 0.717) is 12.2 Å². The quantitative estimate of drug-likeness (QED) is 0.742. The van der Waals surface area contributed by atoms with Gasteiger partial charge in [0, 0.05) is 17.0 Å². The van der Waals surface area contributed by atoms with E-state index in [9.17, 15) is 4.79 Å². The molecule has 4 rings (SSSR count). The molecule has 0 saturated heterocycles. The molecule has 1 aromatic carbocycles. The fourth-order valence-corrected chi connectivity index (χ4v) is 3.72. The Labute approximate surface area is 150 Å². The summed E-state index contributed by atoms with van der Waals surface area (Å²) >= 11 is 1.77. The zero-order valence-electron chi connectivity index (χ0n) is 14.0. The van der Waals surface area contributed by atoms with Crippen LogP contribution in [0.15, 0.2) is 47.8 Å². The number of aryl methyl sites for hydroxylation is 1. The predicted molar refractivity (Wildman–Crippen MR) is 99.8 cm³/mol. The minimum atomic E-state index is -0.0674. The van der Waals surface area contributed by atoms with Crippen molar-refractivity contribution in [2.24, 2.45) is 0 Å². The summed E-state index contributed by atoms with van der Waals surface area (Å²) in [4.78, 5) is 13.5. The van der Waals surface area contributed by atoms with Crippen molar-refractivity contribution in [2.75, 3.05) is 13.1 Å². The van der Waals surface area contributed by atoms with Gasteiger partial charge in [0.15, 0.2) is 0 Å². The van der Waals surface area contributed by atoms with E-state index in [1.807, 2.05) is 22.9 Å². The minimum absolute atomic E-state index is 0.0214. The highest BCUT2D eigenvalue weighted by atomic mass is 32.1. The maximum atomic E-state index is 12.2. The van der Waals surface area contributed by atoms with Crippen LogP contribution in [0.2, 0.25) is 0 Å². The summed E-state index contributed by atoms with van der Waals surface area (Å²) in [5, 5.41) is 13.2. The molecule has 2 N–H and O–H groups in total. The van der Waals surface area contributed by atoms with Crippen molar-refractivity contribution < 1.29 is 4.79 Å². The number of aromatic nitrogens is 2. The van der Waals surface area contributed by atoms with E-state index >= 15 is 0 Å². The monoisotopic (exact) mass is 352 g/mol. The van der Waals surface area contributed by atoms with Gasteiger partial charge < -0.3 is 5.32 Å². The van der Waals surface area contributed by atoms with Gasteiger partial charge in [-0.3, -0.25) is 10.1 Å². The number of amides is 1. The molecule has 0 aliphatic carbocycles. The lowest BCUT2D eigenvalue weighted by atomic mass is 10.1. The minimum Gasteiger partial charge on any atom is -0.347 e. The molecule has 2 aromatic heterocycles. The Balaban J connectivity index is 1.53. The maximum absolute atomic E-state index is 12.2. The Morgan fingerprint density at radius 1 is 1.32 bits per heavy atom. The van der Waals surface area contributed by atoms with E-state index in [4.69, 9.17) is 5.10 Å². The van der Waals surface area contributed by atoms with Crippen LogP contribution in [0, 0.1) is 6.92 Å². The summed E-state index contributed by atoms with van der Waals surface area (Å²) in [6, 6.07) is 14.3. The van der Waals surface area contributed by atoms with Gasteiger partial charge in [-0.2, -0.15) is 5.10 Å². The molecule has 1 unspecified atom stereocenters. The van der Waals surface area contributed by atoms with Gasteiger partial charge in [0.1, 0.15) is 11.9 Å². The number of benzene rings is 1. The largest absolute Gasteiger partial charge is 0.347 e. The summed E-state index contributed by atoms with van der Waals surface area (Å²) in [6.45, 7) is 3.45. The average molecular weight is 352 g/mol. The zero-order valence-corrected chi connectivity index (χ0v) is 14.8. The highest BCUT2D eigenvalue weighted by molar-refractivity contribution is 7.09. The van der Waals surface area contributed by atoms with E-state index in [1.165, 1.54) is 10.4 Å². The van der Waals surface area contributed by atoms with Crippen LogP contribution < -0.4 is 10.6 Å². The number of nitrogens with one attached hydrogen (secondary N) is 2. The van der Waals surface area contributed by atoms with Gasteiger partial charge in [-0.1, -0.05) is 35.9 Å². The third kappa shape index (κ3) is 3.36. The van der Waals surface area contributed by atoms with E-state index in [0.717, 1.165) is 24.2 Å². The number of carbonyl (C=O) groups excluding carboxylic acids is 1. The first-order chi connectivity index (χ1) is 12.2. The standard InChI is InChI=1S/C19H20N4OS/c1-13-4-6-14(7-5-13)16-11-17-19(24)21-12-18(23(17)22-16)20-9-8-15-3-2-10-25-15/h2-7,10-11,18,20H,8-9,12H2,1H3,(H,21,24). The summed E-state index contributed by atoms with van der Waals surface area (Å²) in [5.74, 6) is -0.0674. The van der Waals surface area contributed by atoms with Crippen molar-refractivity contribution >= 4 is 17.2 Å². The fourth-order valence-electron chi connectivity index (χ4n) is 3.01. The Bertz CT molecular complexity index is 867. The summed E-state index contributed by atoms with van der Waals surface area (Å²) < 4.78 is 1.82. The number of thiophene rings is 1. The van der Waals surface area contributed by atoms with Crippen LogP contribution >= 0.6 is 11.3 Å². The molecular formula is C19H20N4OS. The maximum Gasteiger partial charge on any atom is 0.269 e. The van der Waals surface area contributed by atoms with Crippen LogP contribution in [-0.4, -0.2) is 28.8 Å². The van der Waals surface area contributed by atoms with Crippen LogP contribution in [0.4, 0.5) is 0 Å². The molecular weight excluding hydrogens is 332 g/mol. The lowest BCUT2D eigenvalue weighted by Gasteiger charge is -2.25. The third-order valence-corrected chi connectivity index (χ3v) is 5.33. The number of hydrogen-bond acceptors (Lipinski definition) is 4. The molecule has 3 heterocycles. The van der Waals surface area contributed by atoms with Gasteiger partial charge in [0.2, 0.25) is 0 Å². The second kappa shape index (κ2) is 6.82. The number of hydrogen-bond donors (Lipinski definition) is 2. The lowest BCUT2D eigenvalue weighted by molar-refractivity contribution is 0.0901. The topological polar surface area (TPSA) is 59.0 Å². The third-order valence-electron chi connectivity index (χ3n) is 4.40. The second-order valence-corrected chi connectivity index (χ2v) is 7.27. The SMILES string of the molecule is Cc1ccc(-c2cc3n(n2)C(NCCc2cccs2)CNC3=O)cc1. The molecule has 3 aromatic rings. The van der Waals surface area contributed by atoms with Crippen molar-refractivity contribution in [3.05, 3.63) is 64.0 Å². The Hall–Kier alpha value is -2.44. The molecule has 25 heavy (non-hydrogen) atoms. The van der Waals surface area contributed by atoms with Crippen LogP contribution in [0.3, 0.4) is 0 Å². The van der Waals surface area contributed by atoms with E-state index < -0.39 is 0 Å². The second-order valence-electron chi connectivity index (χ2n) is 6.23. The van der Waals surface area contributed by atoms with Crippen molar-refractivity contribution in [1.82, 2.24) is 20.4 Å². The number of fused-ring (bicyclic) bond motifs is 1. The Morgan fingerprint density at radius 3 is 2.92 bits per heavy atom. The van der Waals surface area contributed by atoms with Gasteiger partial charge in [-0.15, -0.1) is 11.3 Å². The van der Waals surface area contributed by atoms with Crippen LogP contribution in [0.5, 0.6) is 0 Å². The smallest absolute Gasteiger partial charge is 0.269 e. The van der Waals surface area contributed by atoms with Crippen molar-refractivity contribution in [2.45, 2.75) is 19.5 Å². The van der Waals surface area contributed by atoms with Crippen LogP contribution in [0.1, 0.15) is 27.1 Å². The fraction of sp³-hybridized carbons (Fsp3) is 0.263. The molecule has 1 amide bonds. The van der Waals surface area contributed by atoms with Crippen molar-refractivity contribution in [1.29, 1.82) is 0 Å². The Kier molecular flexibility index (Phi) is 4.38. The molecule has 0 bridgehead atoms. The molecule has 128 valence electrons. The molecule has 6 heteroatoms. The zero-order chi connectivity index (χ0) is 17.2. The molecule has 0 radical (unpaired) electrons. The first kappa shape index (κ1) is 16.1. The van der Waals surface area contributed by atoms with Crippen molar-refractivity contribution in [3.8, 4) is 11.3 Å². The van der Waals surface area contributed by atoms with Gasteiger partial charge in [0.25, 0.3) is 5.91 Å².